The van der Waals surface area contributed by atoms with E-state index in [0.29, 0.717) is 12.0 Å². The van der Waals surface area contributed by atoms with Gasteiger partial charge in [0.25, 0.3) is 0 Å². The van der Waals surface area contributed by atoms with Crippen LogP contribution in [0.4, 0.5) is 13.2 Å². The molecule has 0 saturated heterocycles. The van der Waals surface area contributed by atoms with Crippen LogP contribution in [-0.4, -0.2) is 18.4 Å². The predicted octanol–water partition coefficient (Wildman–Crippen LogP) is 6.18. The number of alkyl halides is 3. The molecule has 0 bridgehead atoms. The molecule has 164 valence electrons. The number of ketones is 1. The Kier molecular flexibility index (Phi) is 5.87. The van der Waals surface area contributed by atoms with Crippen LogP contribution in [-0.2, 0) is 20.5 Å². The SMILES string of the molecule is CCOC(=O)[C@H]1C(=O)C=C(c2ccc3ccccc3c2)C[C@H]1c1ccc(C(F)(F)F)cc1. The first-order valence-corrected chi connectivity index (χ1v) is 10.4. The zero-order valence-electron chi connectivity index (χ0n) is 17.4. The third kappa shape index (κ3) is 4.31. The lowest BCUT2D eigenvalue weighted by atomic mass is 9.73. The quantitative estimate of drug-likeness (QED) is 0.361. The standard InChI is InChI=1S/C26H21F3O3/c1-2-32-25(31)24-22(17-9-11-21(12-10-17)26(27,28)29)14-20(15-23(24)30)19-8-7-16-5-3-4-6-18(16)13-19/h3-13,15,22,24H,2,14H2,1H3/t22-,24+/m0/s1. The topological polar surface area (TPSA) is 43.4 Å². The summed E-state index contributed by atoms with van der Waals surface area (Å²) >= 11 is 0. The van der Waals surface area contributed by atoms with E-state index in [1.807, 2.05) is 42.5 Å². The second-order valence-corrected chi connectivity index (χ2v) is 7.79. The highest BCUT2D eigenvalue weighted by Gasteiger charge is 2.40. The Morgan fingerprint density at radius 1 is 1.00 bits per heavy atom. The molecule has 0 radical (unpaired) electrons. The average Bonchev–Trinajstić information content (AvgIpc) is 2.78. The Balaban J connectivity index is 1.74. The van der Waals surface area contributed by atoms with Gasteiger partial charge >= 0.3 is 12.1 Å². The Hall–Kier alpha value is -3.41. The van der Waals surface area contributed by atoms with E-state index < -0.39 is 35.3 Å². The molecule has 0 N–H and O–H groups in total. The molecule has 3 aromatic carbocycles. The summed E-state index contributed by atoms with van der Waals surface area (Å²) in [6.07, 6.45) is -2.66. The molecule has 0 saturated carbocycles. The lowest BCUT2D eigenvalue weighted by Crippen LogP contribution is -2.34. The minimum absolute atomic E-state index is 0.115. The number of ether oxygens (including phenoxy) is 1. The van der Waals surface area contributed by atoms with Gasteiger partial charge in [-0.2, -0.15) is 13.2 Å². The second kappa shape index (κ2) is 8.61. The van der Waals surface area contributed by atoms with E-state index in [1.165, 1.54) is 18.2 Å². The maximum Gasteiger partial charge on any atom is 0.416 e. The molecule has 0 fully saturated rings. The highest BCUT2D eigenvalue weighted by Crippen LogP contribution is 2.41. The smallest absolute Gasteiger partial charge is 0.416 e. The van der Waals surface area contributed by atoms with E-state index in [9.17, 15) is 22.8 Å². The van der Waals surface area contributed by atoms with Gasteiger partial charge in [0.05, 0.1) is 12.2 Å². The lowest BCUT2D eigenvalue weighted by molar-refractivity contribution is -0.151. The number of rotatable bonds is 4. The summed E-state index contributed by atoms with van der Waals surface area (Å²) in [5.41, 5.74) is 1.31. The zero-order chi connectivity index (χ0) is 22.9. The van der Waals surface area contributed by atoms with Gasteiger partial charge in [-0.1, -0.05) is 48.5 Å². The Morgan fingerprint density at radius 2 is 1.69 bits per heavy atom. The molecule has 0 aliphatic heterocycles. The second-order valence-electron chi connectivity index (χ2n) is 7.79. The Labute approximate surface area is 183 Å². The molecule has 32 heavy (non-hydrogen) atoms. The molecular formula is C26H21F3O3. The Bertz CT molecular complexity index is 1190. The van der Waals surface area contributed by atoms with Crippen LogP contribution in [0, 0.1) is 5.92 Å². The summed E-state index contributed by atoms with van der Waals surface area (Å²) < 4.78 is 44.1. The molecule has 3 aromatic rings. The van der Waals surface area contributed by atoms with Crippen LogP contribution >= 0.6 is 0 Å². The van der Waals surface area contributed by atoms with Gasteiger partial charge in [0.15, 0.2) is 5.78 Å². The van der Waals surface area contributed by atoms with Gasteiger partial charge in [0.1, 0.15) is 5.92 Å². The van der Waals surface area contributed by atoms with Gasteiger partial charge in [-0.05, 0) is 65.1 Å². The van der Waals surface area contributed by atoms with Crippen molar-refractivity contribution in [1.29, 1.82) is 0 Å². The number of esters is 1. The first kappa shape index (κ1) is 21.8. The summed E-state index contributed by atoms with van der Waals surface area (Å²) in [7, 11) is 0. The van der Waals surface area contributed by atoms with Crippen molar-refractivity contribution in [1.82, 2.24) is 0 Å². The predicted molar refractivity (Wildman–Crippen MR) is 116 cm³/mol. The van der Waals surface area contributed by atoms with Gasteiger partial charge in [-0.15, -0.1) is 0 Å². The third-order valence-electron chi connectivity index (χ3n) is 5.79. The van der Waals surface area contributed by atoms with E-state index in [-0.39, 0.29) is 6.61 Å². The minimum atomic E-state index is -4.46. The minimum Gasteiger partial charge on any atom is -0.465 e. The molecule has 2 atom stereocenters. The van der Waals surface area contributed by atoms with E-state index in [2.05, 4.69) is 0 Å². The van der Waals surface area contributed by atoms with Crippen molar-refractivity contribution in [2.45, 2.75) is 25.4 Å². The van der Waals surface area contributed by atoms with Crippen molar-refractivity contribution in [3.05, 3.63) is 89.5 Å². The number of allylic oxidation sites excluding steroid dienone is 2. The molecule has 4 rings (SSSR count). The Morgan fingerprint density at radius 3 is 2.34 bits per heavy atom. The van der Waals surface area contributed by atoms with Crippen LogP contribution in [0.5, 0.6) is 0 Å². The van der Waals surface area contributed by atoms with Crippen molar-refractivity contribution in [3.63, 3.8) is 0 Å². The van der Waals surface area contributed by atoms with E-state index >= 15 is 0 Å². The fraction of sp³-hybridized carbons (Fsp3) is 0.231. The van der Waals surface area contributed by atoms with Gasteiger partial charge < -0.3 is 4.74 Å². The van der Waals surface area contributed by atoms with Crippen molar-refractivity contribution < 1.29 is 27.5 Å². The maximum atomic E-state index is 13.0. The van der Waals surface area contributed by atoms with Crippen LogP contribution in [0.25, 0.3) is 16.3 Å². The number of halogens is 3. The maximum absolute atomic E-state index is 13.0. The average molecular weight is 438 g/mol. The first-order valence-electron chi connectivity index (χ1n) is 10.4. The molecule has 1 aliphatic rings. The van der Waals surface area contributed by atoms with Crippen LogP contribution in [0.3, 0.4) is 0 Å². The highest BCUT2D eigenvalue weighted by atomic mass is 19.4. The van der Waals surface area contributed by atoms with Crippen molar-refractivity contribution in [2.24, 2.45) is 5.92 Å². The summed E-state index contributed by atoms with van der Waals surface area (Å²) in [5, 5.41) is 2.07. The monoisotopic (exact) mass is 438 g/mol. The highest BCUT2D eigenvalue weighted by molar-refractivity contribution is 6.11. The molecule has 0 heterocycles. The normalized spacial score (nSPS) is 19.0. The van der Waals surface area contributed by atoms with Crippen LogP contribution < -0.4 is 0 Å². The summed E-state index contributed by atoms with van der Waals surface area (Å²) in [4.78, 5) is 25.6. The van der Waals surface area contributed by atoms with Crippen LogP contribution in [0.1, 0.15) is 36.0 Å². The number of hydrogen-bond donors (Lipinski definition) is 0. The summed E-state index contributed by atoms with van der Waals surface area (Å²) in [6.45, 7) is 1.76. The van der Waals surface area contributed by atoms with E-state index in [0.717, 1.165) is 34.0 Å². The third-order valence-corrected chi connectivity index (χ3v) is 5.79. The largest absolute Gasteiger partial charge is 0.465 e. The van der Waals surface area contributed by atoms with Crippen molar-refractivity contribution in [3.8, 4) is 0 Å². The summed E-state index contributed by atoms with van der Waals surface area (Å²) in [6, 6.07) is 18.3. The summed E-state index contributed by atoms with van der Waals surface area (Å²) in [5.74, 6) is -2.76. The molecule has 0 unspecified atom stereocenters. The fourth-order valence-electron chi connectivity index (χ4n) is 4.21. The number of carbonyl (C=O) groups excluding carboxylic acids is 2. The number of hydrogen-bond acceptors (Lipinski definition) is 3. The molecule has 6 heteroatoms. The molecule has 3 nitrogen and oxygen atoms in total. The fourth-order valence-corrected chi connectivity index (χ4v) is 4.21. The molecule has 0 spiro atoms. The lowest BCUT2D eigenvalue weighted by Gasteiger charge is -2.29. The number of carbonyl (C=O) groups is 2. The van der Waals surface area contributed by atoms with E-state index in [4.69, 9.17) is 4.74 Å². The van der Waals surface area contributed by atoms with Crippen molar-refractivity contribution in [2.75, 3.05) is 6.61 Å². The number of benzene rings is 3. The van der Waals surface area contributed by atoms with Gasteiger partial charge in [0, 0.05) is 5.92 Å². The molecule has 1 aliphatic carbocycles. The van der Waals surface area contributed by atoms with Crippen molar-refractivity contribution >= 4 is 28.1 Å². The molecular weight excluding hydrogens is 417 g/mol. The van der Waals surface area contributed by atoms with Gasteiger partial charge in [0.2, 0.25) is 0 Å². The van der Waals surface area contributed by atoms with Gasteiger partial charge in [-0.3, -0.25) is 9.59 Å². The zero-order valence-corrected chi connectivity index (χ0v) is 17.4. The number of fused-ring (bicyclic) bond motifs is 1. The first-order chi connectivity index (χ1) is 15.3. The van der Waals surface area contributed by atoms with Gasteiger partial charge in [-0.25, -0.2) is 0 Å². The van der Waals surface area contributed by atoms with E-state index in [1.54, 1.807) is 6.92 Å². The molecule has 0 aromatic heterocycles. The van der Waals surface area contributed by atoms with Crippen LogP contribution in [0.2, 0.25) is 0 Å². The van der Waals surface area contributed by atoms with Crippen LogP contribution in [0.15, 0.2) is 72.8 Å². The molecule has 0 amide bonds.